The first-order valence-corrected chi connectivity index (χ1v) is 8.18. The molecule has 0 aliphatic carbocycles. The van der Waals surface area contributed by atoms with Crippen molar-refractivity contribution in [1.29, 1.82) is 0 Å². The minimum Gasteiger partial charge on any atom is -0.491 e. The van der Waals surface area contributed by atoms with E-state index in [1.807, 2.05) is 24.3 Å². The summed E-state index contributed by atoms with van der Waals surface area (Å²) in [6.07, 6.45) is 2.83. The van der Waals surface area contributed by atoms with E-state index in [4.69, 9.17) is 9.47 Å². The summed E-state index contributed by atoms with van der Waals surface area (Å²) in [6.45, 7) is 5.83. The largest absolute Gasteiger partial charge is 0.491 e. The molecular weight excluding hydrogens is 280 g/mol. The van der Waals surface area contributed by atoms with E-state index in [-0.39, 0.29) is 12.2 Å². The van der Waals surface area contributed by atoms with Crippen molar-refractivity contribution in [2.75, 3.05) is 31.6 Å². The average molecular weight is 304 g/mol. The molecule has 0 radical (unpaired) electrons. The number of ether oxygens (including phenoxy) is 2. The van der Waals surface area contributed by atoms with E-state index in [9.17, 15) is 4.79 Å². The molecule has 0 aromatic heterocycles. The van der Waals surface area contributed by atoms with Gasteiger partial charge in [0.2, 0.25) is 0 Å². The number of para-hydroxylation sites is 2. The third kappa shape index (κ3) is 3.53. The van der Waals surface area contributed by atoms with Gasteiger partial charge in [-0.25, -0.2) is 4.79 Å². The Bertz CT molecular complexity index is 512. The molecular formula is C17H24N2O3. The summed E-state index contributed by atoms with van der Waals surface area (Å²) in [7, 11) is 0. The number of carbonyl (C=O) groups is 1. The van der Waals surface area contributed by atoms with E-state index in [1.165, 1.54) is 0 Å². The van der Waals surface area contributed by atoms with Gasteiger partial charge in [0.05, 0.1) is 12.3 Å². The highest BCUT2D eigenvalue weighted by Gasteiger charge is 2.36. The van der Waals surface area contributed by atoms with Crippen molar-refractivity contribution in [2.45, 2.75) is 32.3 Å². The number of benzene rings is 1. The zero-order chi connectivity index (χ0) is 15.4. The third-order valence-corrected chi connectivity index (χ3v) is 4.44. The second-order valence-corrected chi connectivity index (χ2v) is 6.05. The normalized spacial score (nSPS) is 26.5. The molecule has 3 fully saturated rings. The minimum atomic E-state index is -0.383. The number of nitrogens with zero attached hydrogens (tertiary/aromatic N) is 1. The van der Waals surface area contributed by atoms with E-state index >= 15 is 0 Å². The van der Waals surface area contributed by atoms with Gasteiger partial charge < -0.3 is 9.47 Å². The smallest absolute Gasteiger partial charge is 0.412 e. The number of rotatable bonds is 5. The topological polar surface area (TPSA) is 50.8 Å². The number of hydrogen-bond donors (Lipinski definition) is 1. The number of anilines is 1. The van der Waals surface area contributed by atoms with Crippen LogP contribution in [0.4, 0.5) is 10.5 Å². The van der Waals surface area contributed by atoms with Crippen LogP contribution in [0.3, 0.4) is 0 Å². The van der Waals surface area contributed by atoms with E-state index in [0.29, 0.717) is 24.0 Å². The Kier molecular flexibility index (Phi) is 4.83. The molecule has 1 N–H and O–H groups in total. The van der Waals surface area contributed by atoms with Crippen LogP contribution in [0.25, 0.3) is 0 Å². The molecule has 5 heteroatoms. The molecule has 4 rings (SSSR count). The third-order valence-electron chi connectivity index (χ3n) is 4.44. The number of hydrogen-bond acceptors (Lipinski definition) is 4. The zero-order valence-corrected chi connectivity index (χ0v) is 13.1. The Morgan fingerprint density at radius 3 is 2.77 bits per heavy atom. The Morgan fingerprint density at radius 2 is 2.09 bits per heavy atom. The van der Waals surface area contributed by atoms with Gasteiger partial charge >= 0.3 is 6.09 Å². The summed E-state index contributed by atoms with van der Waals surface area (Å²) in [5, 5.41) is 2.82. The van der Waals surface area contributed by atoms with Gasteiger partial charge in [0.1, 0.15) is 11.9 Å². The summed E-state index contributed by atoms with van der Waals surface area (Å²) >= 11 is 0. The van der Waals surface area contributed by atoms with Gasteiger partial charge in [0.25, 0.3) is 0 Å². The van der Waals surface area contributed by atoms with Gasteiger partial charge in [-0.15, -0.1) is 0 Å². The Hall–Kier alpha value is -1.75. The monoisotopic (exact) mass is 304 g/mol. The Labute approximate surface area is 131 Å². The lowest BCUT2D eigenvalue weighted by Gasteiger charge is -2.43. The molecule has 3 aliphatic heterocycles. The molecule has 1 aromatic carbocycles. The highest BCUT2D eigenvalue weighted by Crippen LogP contribution is 2.30. The van der Waals surface area contributed by atoms with Gasteiger partial charge in [0, 0.05) is 6.54 Å². The zero-order valence-electron chi connectivity index (χ0n) is 13.1. The summed E-state index contributed by atoms with van der Waals surface area (Å²) in [5.74, 6) is 1.21. The number of nitrogens with one attached hydrogen (secondary N) is 1. The predicted molar refractivity (Wildman–Crippen MR) is 85.3 cm³/mol. The van der Waals surface area contributed by atoms with Crippen molar-refractivity contribution < 1.29 is 14.3 Å². The fraction of sp³-hybridized carbons (Fsp3) is 0.588. The van der Waals surface area contributed by atoms with E-state index in [2.05, 4.69) is 17.1 Å². The van der Waals surface area contributed by atoms with Crippen molar-refractivity contribution in [3.8, 4) is 5.75 Å². The quantitative estimate of drug-likeness (QED) is 0.908. The molecule has 120 valence electrons. The fourth-order valence-electron chi connectivity index (χ4n) is 3.23. The van der Waals surface area contributed by atoms with Crippen LogP contribution >= 0.6 is 0 Å². The first-order valence-electron chi connectivity index (χ1n) is 8.18. The molecule has 22 heavy (non-hydrogen) atoms. The molecule has 0 saturated carbocycles. The first-order chi connectivity index (χ1) is 10.8. The van der Waals surface area contributed by atoms with E-state index < -0.39 is 0 Å². The first kappa shape index (κ1) is 15.2. The van der Waals surface area contributed by atoms with Crippen LogP contribution in [0, 0.1) is 5.92 Å². The molecule has 1 amide bonds. The predicted octanol–water partition coefficient (Wildman–Crippen LogP) is 3.12. The SMILES string of the molecule is CCCOc1ccccc1NC(=O)OC1CN2CCC1CC2. The van der Waals surface area contributed by atoms with Crippen LogP contribution < -0.4 is 10.1 Å². The Balaban J connectivity index is 1.57. The maximum absolute atomic E-state index is 12.2. The average Bonchev–Trinajstić information content (AvgIpc) is 2.55. The van der Waals surface area contributed by atoms with Gasteiger partial charge in [-0.1, -0.05) is 19.1 Å². The Morgan fingerprint density at radius 1 is 1.32 bits per heavy atom. The van der Waals surface area contributed by atoms with Crippen molar-refractivity contribution in [1.82, 2.24) is 4.90 Å². The van der Waals surface area contributed by atoms with Gasteiger partial charge in [-0.2, -0.15) is 0 Å². The maximum atomic E-state index is 12.2. The lowest BCUT2D eigenvalue weighted by molar-refractivity contribution is -0.0290. The summed E-state index contributed by atoms with van der Waals surface area (Å²) in [4.78, 5) is 14.5. The van der Waals surface area contributed by atoms with Crippen LogP contribution in [0.5, 0.6) is 5.75 Å². The minimum absolute atomic E-state index is 0.0197. The van der Waals surface area contributed by atoms with Crippen molar-refractivity contribution in [3.63, 3.8) is 0 Å². The van der Waals surface area contributed by atoms with Crippen LogP contribution in [-0.4, -0.2) is 43.3 Å². The molecule has 1 aromatic rings. The van der Waals surface area contributed by atoms with Gasteiger partial charge in [0.15, 0.2) is 0 Å². The number of fused-ring (bicyclic) bond motifs is 3. The lowest BCUT2D eigenvalue weighted by atomic mass is 9.86. The van der Waals surface area contributed by atoms with Crippen LogP contribution in [0.2, 0.25) is 0 Å². The standard InChI is InChI=1S/C17H24N2O3/c1-2-11-21-15-6-4-3-5-14(15)18-17(20)22-16-12-19-9-7-13(16)8-10-19/h3-6,13,16H,2,7-12H2,1H3,(H,18,20). The highest BCUT2D eigenvalue weighted by atomic mass is 16.6. The summed E-state index contributed by atoms with van der Waals surface area (Å²) < 4.78 is 11.3. The number of carbonyl (C=O) groups excluding carboxylic acids is 1. The number of piperidine rings is 3. The van der Waals surface area contributed by atoms with Crippen LogP contribution in [0.1, 0.15) is 26.2 Å². The van der Waals surface area contributed by atoms with Gasteiger partial charge in [-0.05, 0) is 50.4 Å². The van der Waals surface area contributed by atoms with Crippen molar-refractivity contribution >= 4 is 11.8 Å². The molecule has 3 heterocycles. The van der Waals surface area contributed by atoms with Crippen LogP contribution in [0.15, 0.2) is 24.3 Å². The van der Waals surface area contributed by atoms with Gasteiger partial charge in [-0.3, -0.25) is 10.2 Å². The highest BCUT2D eigenvalue weighted by molar-refractivity contribution is 5.86. The van der Waals surface area contributed by atoms with E-state index in [0.717, 1.165) is 38.9 Å². The molecule has 2 bridgehead atoms. The molecule has 3 saturated heterocycles. The molecule has 1 unspecified atom stereocenters. The fourth-order valence-corrected chi connectivity index (χ4v) is 3.23. The second-order valence-electron chi connectivity index (χ2n) is 6.05. The summed E-state index contributed by atoms with van der Waals surface area (Å²) in [5.41, 5.74) is 0.669. The van der Waals surface area contributed by atoms with Crippen molar-refractivity contribution in [3.05, 3.63) is 24.3 Å². The second kappa shape index (κ2) is 7.01. The number of amides is 1. The van der Waals surface area contributed by atoms with E-state index in [1.54, 1.807) is 0 Å². The lowest BCUT2D eigenvalue weighted by Crippen LogP contribution is -2.52. The molecule has 3 aliphatic rings. The van der Waals surface area contributed by atoms with Crippen molar-refractivity contribution in [2.24, 2.45) is 5.92 Å². The van der Waals surface area contributed by atoms with Crippen LogP contribution in [-0.2, 0) is 4.74 Å². The molecule has 1 atom stereocenters. The molecule has 5 nitrogen and oxygen atoms in total. The summed E-state index contributed by atoms with van der Waals surface area (Å²) in [6, 6.07) is 7.47. The molecule has 0 spiro atoms. The maximum Gasteiger partial charge on any atom is 0.412 e.